The van der Waals surface area contributed by atoms with Gasteiger partial charge in [0.25, 0.3) is 5.69 Å². The summed E-state index contributed by atoms with van der Waals surface area (Å²) in [6, 6.07) is 10.3. The summed E-state index contributed by atoms with van der Waals surface area (Å²) in [6.45, 7) is 2.40. The molecule has 0 bridgehead atoms. The van der Waals surface area contributed by atoms with Crippen molar-refractivity contribution in [2.75, 3.05) is 5.32 Å². The van der Waals surface area contributed by atoms with Crippen molar-refractivity contribution < 1.29 is 4.92 Å². The lowest BCUT2D eigenvalue weighted by Gasteiger charge is -2.11. The van der Waals surface area contributed by atoms with E-state index in [9.17, 15) is 10.1 Å². The summed E-state index contributed by atoms with van der Waals surface area (Å²) in [6.07, 6.45) is 0. The average molecular weight is 356 g/mol. The summed E-state index contributed by atoms with van der Waals surface area (Å²) < 4.78 is 0.939. The van der Waals surface area contributed by atoms with Crippen LogP contribution in [0.4, 0.5) is 11.4 Å². The Hall–Kier alpha value is -1.59. The van der Waals surface area contributed by atoms with E-state index >= 15 is 0 Å². The molecule has 0 aromatic heterocycles. The number of benzene rings is 2. The van der Waals surface area contributed by atoms with E-state index < -0.39 is 4.92 Å². The largest absolute Gasteiger partial charge is 0.380 e. The highest BCUT2D eigenvalue weighted by molar-refractivity contribution is 9.10. The first-order chi connectivity index (χ1) is 9.47. The topological polar surface area (TPSA) is 55.2 Å². The van der Waals surface area contributed by atoms with Gasteiger partial charge in [-0.25, -0.2) is 0 Å². The Kier molecular flexibility index (Phi) is 4.62. The van der Waals surface area contributed by atoms with Crippen molar-refractivity contribution in [3.05, 3.63) is 67.1 Å². The molecule has 20 heavy (non-hydrogen) atoms. The number of rotatable bonds is 4. The first-order valence-electron chi connectivity index (χ1n) is 5.90. The number of hydrogen-bond donors (Lipinski definition) is 1. The van der Waals surface area contributed by atoms with Crippen LogP contribution in [0.15, 0.2) is 40.9 Å². The van der Waals surface area contributed by atoms with Crippen LogP contribution in [0.2, 0.25) is 5.02 Å². The number of non-ortho nitro benzene ring substituents is 1. The van der Waals surface area contributed by atoms with Crippen LogP contribution in [0.5, 0.6) is 0 Å². The zero-order chi connectivity index (χ0) is 14.7. The minimum absolute atomic E-state index is 0.0680. The van der Waals surface area contributed by atoms with Gasteiger partial charge in [0.2, 0.25) is 0 Å². The molecule has 2 rings (SSSR count). The fourth-order valence-corrected chi connectivity index (χ4v) is 2.38. The van der Waals surface area contributed by atoms with E-state index in [0.29, 0.717) is 11.6 Å². The minimum Gasteiger partial charge on any atom is -0.380 e. The molecule has 0 spiro atoms. The van der Waals surface area contributed by atoms with Gasteiger partial charge in [0.1, 0.15) is 0 Å². The molecule has 0 radical (unpaired) electrons. The van der Waals surface area contributed by atoms with Crippen LogP contribution in [0.25, 0.3) is 0 Å². The van der Waals surface area contributed by atoms with Crippen molar-refractivity contribution >= 4 is 38.9 Å². The number of hydrogen-bond acceptors (Lipinski definition) is 3. The summed E-state index contributed by atoms with van der Waals surface area (Å²) >= 11 is 9.51. The highest BCUT2D eigenvalue weighted by atomic mass is 79.9. The fourth-order valence-electron chi connectivity index (χ4n) is 1.78. The number of halogens is 2. The first-order valence-corrected chi connectivity index (χ1v) is 7.07. The van der Waals surface area contributed by atoms with Crippen LogP contribution in [-0.2, 0) is 6.54 Å². The van der Waals surface area contributed by atoms with Crippen LogP contribution in [0, 0.1) is 17.0 Å². The summed E-state index contributed by atoms with van der Waals surface area (Å²) in [7, 11) is 0. The lowest BCUT2D eigenvalue weighted by molar-refractivity contribution is -0.384. The van der Waals surface area contributed by atoms with Gasteiger partial charge in [0, 0.05) is 33.9 Å². The molecule has 2 aromatic carbocycles. The molecule has 0 aliphatic carbocycles. The quantitative estimate of drug-likeness (QED) is 0.625. The van der Waals surface area contributed by atoms with Crippen molar-refractivity contribution in [1.82, 2.24) is 0 Å². The molecule has 0 unspecified atom stereocenters. The molecule has 104 valence electrons. The minimum atomic E-state index is -0.406. The van der Waals surface area contributed by atoms with Crippen LogP contribution >= 0.6 is 27.5 Å². The van der Waals surface area contributed by atoms with E-state index in [1.807, 2.05) is 25.1 Å². The maximum Gasteiger partial charge on any atom is 0.271 e. The van der Waals surface area contributed by atoms with Crippen molar-refractivity contribution in [1.29, 1.82) is 0 Å². The second-order valence-electron chi connectivity index (χ2n) is 4.35. The first kappa shape index (κ1) is 14.8. The summed E-state index contributed by atoms with van der Waals surface area (Å²) in [5, 5.41) is 14.6. The molecule has 0 fully saturated rings. The molecular weight excluding hydrogens is 344 g/mol. The molecule has 0 aliphatic heterocycles. The maximum atomic E-state index is 10.8. The molecule has 1 N–H and O–H groups in total. The van der Waals surface area contributed by atoms with Gasteiger partial charge in [0.05, 0.1) is 4.92 Å². The third-order valence-electron chi connectivity index (χ3n) is 2.91. The predicted octanol–water partition coefficient (Wildman–Crippen LogP) is 4.93. The van der Waals surface area contributed by atoms with E-state index in [2.05, 4.69) is 21.2 Å². The lowest BCUT2D eigenvalue weighted by Crippen LogP contribution is -2.02. The van der Waals surface area contributed by atoms with Gasteiger partial charge in [-0.1, -0.05) is 33.6 Å². The average Bonchev–Trinajstić information content (AvgIpc) is 2.41. The third kappa shape index (κ3) is 3.49. The van der Waals surface area contributed by atoms with Gasteiger partial charge >= 0.3 is 0 Å². The zero-order valence-corrected chi connectivity index (χ0v) is 13.0. The van der Waals surface area contributed by atoms with Crippen LogP contribution < -0.4 is 5.32 Å². The van der Waals surface area contributed by atoms with Gasteiger partial charge in [-0.15, -0.1) is 0 Å². The molecule has 0 heterocycles. The highest BCUT2D eigenvalue weighted by Gasteiger charge is 2.09. The summed E-state index contributed by atoms with van der Waals surface area (Å²) in [4.78, 5) is 10.4. The van der Waals surface area contributed by atoms with Crippen molar-refractivity contribution in [2.24, 2.45) is 0 Å². The van der Waals surface area contributed by atoms with Gasteiger partial charge in [0.15, 0.2) is 0 Å². The Morgan fingerprint density at radius 3 is 2.75 bits per heavy atom. The van der Waals surface area contributed by atoms with Crippen LogP contribution in [0.3, 0.4) is 0 Å². The SMILES string of the molecule is Cc1ccc([N+](=O)[O-])cc1NCc1cc(Br)ccc1Cl. The number of aryl methyl sites for hydroxylation is 1. The molecule has 0 aliphatic rings. The molecule has 0 saturated heterocycles. The Bertz CT molecular complexity index is 662. The fraction of sp³-hybridized carbons (Fsp3) is 0.143. The second kappa shape index (κ2) is 6.24. The summed E-state index contributed by atoms with van der Waals surface area (Å²) in [5.41, 5.74) is 2.67. The van der Waals surface area contributed by atoms with Gasteiger partial charge < -0.3 is 5.32 Å². The van der Waals surface area contributed by atoms with E-state index in [1.165, 1.54) is 12.1 Å². The smallest absolute Gasteiger partial charge is 0.271 e. The molecule has 0 amide bonds. The molecule has 4 nitrogen and oxygen atoms in total. The number of nitro benzene ring substituents is 1. The number of nitrogens with one attached hydrogen (secondary N) is 1. The monoisotopic (exact) mass is 354 g/mol. The van der Waals surface area contributed by atoms with Crippen molar-refractivity contribution in [3.8, 4) is 0 Å². The second-order valence-corrected chi connectivity index (χ2v) is 5.67. The van der Waals surface area contributed by atoms with E-state index in [-0.39, 0.29) is 5.69 Å². The van der Waals surface area contributed by atoms with Crippen LogP contribution in [0.1, 0.15) is 11.1 Å². The maximum absolute atomic E-state index is 10.8. The Morgan fingerprint density at radius 2 is 2.05 bits per heavy atom. The van der Waals surface area contributed by atoms with Crippen molar-refractivity contribution in [3.63, 3.8) is 0 Å². The van der Waals surface area contributed by atoms with Gasteiger partial charge in [-0.2, -0.15) is 0 Å². The van der Waals surface area contributed by atoms with Crippen molar-refractivity contribution in [2.45, 2.75) is 13.5 Å². The molecular formula is C14H12BrClN2O2. The van der Waals surface area contributed by atoms with Crippen LogP contribution in [-0.4, -0.2) is 4.92 Å². The van der Waals surface area contributed by atoms with E-state index in [1.54, 1.807) is 6.07 Å². The van der Waals surface area contributed by atoms with E-state index in [4.69, 9.17) is 11.6 Å². The standard InChI is InChI=1S/C14H12BrClN2O2/c1-9-2-4-12(18(19)20)7-14(9)17-8-10-6-11(15)3-5-13(10)16/h2-7,17H,8H2,1H3. The lowest BCUT2D eigenvalue weighted by atomic mass is 10.1. The normalized spacial score (nSPS) is 10.3. The molecule has 0 atom stereocenters. The highest BCUT2D eigenvalue weighted by Crippen LogP contribution is 2.25. The van der Waals surface area contributed by atoms with Gasteiger partial charge in [-0.3, -0.25) is 10.1 Å². The Labute approximate surface area is 130 Å². The predicted molar refractivity (Wildman–Crippen MR) is 84.3 cm³/mol. The zero-order valence-electron chi connectivity index (χ0n) is 10.7. The number of anilines is 1. The molecule has 0 saturated carbocycles. The number of nitro groups is 1. The Morgan fingerprint density at radius 1 is 1.30 bits per heavy atom. The third-order valence-corrected chi connectivity index (χ3v) is 3.77. The number of nitrogens with zero attached hydrogens (tertiary/aromatic N) is 1. The molecule has 6 heteroatoms. The molecule has 2 aromatic rings. The summed E-state index contributed by atoms with van der Waals surface area (Å²) in [5.74, 6) is 0. The van der Waals surface area contributed by atoms with Gasteiger partial charge in [-0.05, 0) is 36.2 Å². The Balaban J connectivity index is 2.20. The van der Waals surface area contributed by atoms with E-state index in [0.717, 1.165) is 21.3 Å².